The molecule has 30 heavy (non-hydrogen) atoms. The van der Waals surface area contributed by atoms with Gasteiger partial charge in [0.05, 0.1) is 23.7 Å². The van der Waals surface area contributed by atoms with Crippen LogP contribution in [-0.4, -0.2) is 50.5 Å². The third-order valence-electron chi connectivity index (χ3n) is 5.24. The van der Waals surface area contributed by atoms with E-state index in [9.17, 15) is 23.1 Å². The van der Waals surface area contributed by atoms with Crippen LogP contribution in [0.4, 0.5) is 18.9 Å². The highest BCUT2D eigenvalue weighted by molar-refractivity contribution is 6.03. The number of anilines is 1. The fourth-order valence-electron chi connectivity index (χ4n) is 3.68. The Kier molecular flexibility index (Phi) is 5.24. The number of aliphatic hydroxyl groups excluding tert-OH is 1. The summed E-state index contributed by atoms with van der Waals surface area (Å²) in [6.45, 7) is 2.73. The van der Waals surface area contributed by atoms with Gasteiger partial charge in [0.2, 0.25) is 5.82 Å². The summed E-state index contributed by atoms with van der Waals surface area (Å²) in [7, 11) is 0. The van der Waals surface area contributed by atoms with Crippen LogP contribution in [0.25, 0.3) is 11.0 Å². The number of amides is 1. The lowest BCUT2D eigenvalue weighted by molar-refractivity contribution is -0.147. The number of aromatic amines is 1. The Morgan fingerprint density at radius 2 is 2.20 bits per heavy atom. The number of nitrogens with one attached hydrogen (secondary N) is 3. The van der Waals surface area contributed by atoms with Crippen molar-refractivity contribution in [3.8, 4) is 0 Å². The zero-order valence-electron chi connectivity index (χ0n) is 16.1. The SMILES string of the molecule is CC(CO)n1c(C(F)(F)F)nc2cc(NC(=O)c3cc(C4CCNC4)[nH]n3)ccc21. The van der Waals surface area contributed by atoms with Gasteiger partial charge in [0.1, 0.15) is 0 Å². The molecule has 0 aliphatic carbocycles. The number of imidazole rings is 1. The molecule has 3 aromatic rings. The number of halogens is 3. The molecule has 2 atom stereocenters. The zero-order chi connectivity index (χ0) is 21.5. The summed E-state index contributed by atoms with van der Waals surface area (Å²) in [5.41, 5.74) is 1.66. The van der Waals surface area contributed by atoms with E-state index in [1.165, 1.54) is 25.1 Å². The number of aliphatic hydroxyl groups is 1. The maximum absolute atomic E-state index is 13.4. The monoisotopic (exact) mass is 422 g/mol. The third kappa shape index (κ3) is 3.77. The Bertz CT molecular complexity index is 1070. The van der Waals surface area contributed by atoms with Crippen LogP contribution in [-0.2, 0) is 6.18 Å². The highest BCUT2D eigenvalue weighted by Gasteiger charge is 2.38. The summed E-state index contributed by atoms with van der Waals surface area (Å²) in [6.07, 6.45) is -3.72. The molecule has 4 N–H and O–H groups in total. The largest absolute Gasteiger partial charge is 0.449 e. The maximum Gasteiger partial charge on any atom is 0.449 e. The molecular weight excluding hydrogens is 401 g/mol. The molecule has 2 unspecified atom stereocenters. The Morgan fingerprint density at radius 3 is 2.87 bits per heavy atom. The van der Waals surface area contributed by atoms with Crippen LogP contribution < -0.4 is 10.6 Å². The smallest absolute Gasteiger partial charge is 0.394 e. The lowest BCUT2D eigenvalue weighted by Crippen LogP contribution is -2.19. The second-order valence-corrected chi connectivity index (χ2v) is 7.39. The van der Waals surface area contributed by atoms with E-state index < -0.39 is 30.6 Å². The van der Waals surface area contributed by atoms with Crippen LogP contribution in [0.15, 0.2) is 24.3 Å². The molecule has 160 valence electrons. The molecular formula is C19H21F3N6O2. The van der Waals surface area contributed by atoms with Crippen molar-refractivity contribution in [3.05, 3.63) is 41.5 Å². The van der Waals surface area contributed by atoms with Gasteiger partial charge in [-0.05, 0) is 44.2 Å². The number of fused-ring (bicyclic) bond motifs is 1. The minimum atomic E-state index is -4.67. The van der Waals surface area contributed by atoms with Gasteiger partial charge in [-0.3, -0.25) is 9.89 Å². The minimum absolute atomic E-state index is 0.0696. The number of aromatic nitrogens is 4. The van der Waals surface area contributed by atoms with Gasteiger partial charge in [0.25, 0.3) is 5.91 Å². The molecule has 8 nitrogen and oxygen atoms in total. The quantitative estimate of drug-likeness (QED) is 0.506. The molecule has 0 spiro atoms. The Hall–Kier alpha value is -2.92. The van der Waals surface area contributed by atoms with Crippen LogP contribution in [0.5, 0.6) is 0 Å². The molecule has 3 heterocycles. The first kappa shape index (κ1) is 20.4. The summed E-state index contributed by atoms with van der Waals surface area (Å²) in [6, 6.07) is 5.19. The van der Waals surface area contributed by atoms with Gasteiger partial charge in [0.15, 0.2) is 5.69 Å². The minimum Gasteiger partial charge on any atom is -0.394 e. The maximum atomic E-state index is 13.4. The summed E-state index contributed by atoms with van der Waals surface area (Å²) in [5.74, 6) is -1.29. The molecule has 1 aliphatic heterocycles. The highest BCUT2D eigenvalue weighted by atomic mass is 19.4. The van der Waals surface area contributed by atoms with E-state index in [0.29, 0.717) is 5.69 Å². The van der Waals surface area contributed by atoms with Crippen LogP contribution in [0, 0.1) is 0 Å². The van der Waals surface area contributed by atoms with E-state index in [0.717, 1.165) is 29.8 Å². The third-order valence-corrected chi connectivity index (χ3v) is 5.24. The average molecular weight is 422 g/mol. The van der Waals surface area contributed by atoms with Gasteiger partial charge in [-0.1, -0.05) is 0 Å². The number of alkyl halides is 3. The topological polar surface area (TPSA) is 108 Å². The molecule has 0 saturated carbocycles. The van der Waals surface area contributed by atoms with Crippen molar-refractivity contribution in [2.24, 2.45) is 0 Å². The van der Waals surface area contributed by atoms with Gasteiger partial charge < -0.3 is 20.3 Å². The van der Waals surface area contributed by atoms with Crippen LogP contribution in [0.2, 0.25) is 0 Å². The number of hydrogen-bond donors (Lipinski definition) is 4. The first-order valence-electron chi connectivity index (χ1n) is 9.55. The lowest BCUT2D eigenvalue weighted by atomic mass is 10.1. The van der Waals surface area contributed by atoms with Crippen LogP contribution in [0.3, 0.4) is 0 Å². The molecule has 2 aromatic heterocycles. The first-order chi connectivity index (χ1) is 14.3. The molecule has 0 bridgehead atoms. The average Bonchev–Trinajstić information content (AvgIpc) is 3.44. The second kappa shape index (κ2) is 7.73. The Labute approximate surface area is 169 Å². The van der Waals surface area contributed by atoms with Gasteiger partial charge in [-0.25, -0.2) is 4.98 Å². The van der Waals surface area contributed by atoms with Crippen LogP contribution >= 0.6 is 0 Å². The second-order valence-electron chi connectivity index (χ2n) is 7.39. The summed E-state index contributed by atoms with van der Waals surface area (Å²) in [5, 5.41) is 22.2. The molecule has 1 fully saturated rings. The van der Waals surface area contributed by atoms with Crippen molar-refractivity contribution in [1.29, 1.82) is 0 Å². The number of rotatable bonds is 5. The van der Waals surface area contributed by atoms with Crippen LogP contribution in [0.1, 0.15) is 47.3 Å². The van der Waals surface area contributed by atoms with Gasteiger partial charge >= 0.3 is 6.18 Å². The number of nitrogens with zero attached hydrogens (tertiary/aromatic N) is 3. The van der Waals surface area contributed by atoms with E-state index in [4.69, 9.17) is 0 Å². The number of carbonyl (C=O) groups is 1. The van der Waals surface area contributed by atoms with Crippen molar-refractivity contribution in [2.45, 2.75) is 31.5 Å². The predicted molar refractivity (Wildman–Crippen MR) is 103 cm³/mol. The van der Waals surface area contributed by atoms with E-state index in [-0.39, 0.29) is 22.6 Å². The van der Waals surface area contributed by atoms with Crippen molar-refractivity contribution < 1.29 is 23.1 Å². The molecule has 1 aromatic carbocycles. The summed E-state index contributed by atoms with van der Waals surface area (Å²) >= 11 is 0. The summed E-state index contributed by atoms with van der Waals surface area (Å²) in [4.78, 5) is 16.2. The van der Waals surface area contributed by atoms with Crippen molar-refractivity contribution in [1.82, 2.24) is 25.1 Å². The van der Waals surface area contributed by atoms with E-state index >= 15 is 0 Å². The van der Waals surface area contributed by atoms with E-state index in [1.807, 2.05) is 0 Å². The van der Waals surface area contributed by atoms with Crippen molar-refractivity contribution in [2.75, 3.05) is 25.0 Å². The van der Waals surface area contributed by atoms with Crippen molar-refractivity contribution >= 4 is 22.6 Å². The molecule has 1 aliphatic rings. The standard InChI is InChI=1S/C19H21F3N6O2/c1-10(9-29)28-16-3-2-12(6-14(16)25-18(28)19(20,21)22)24-17(30)15-7-13(26-27-15)11-4-5-23-8-11/h2-3,6-7,10-11,23,29H,4-5,8-9H2,1H3,(H,24,30)(H,26,27). The fraction of sp³-hybridized carbons (Fsp3) is 0.421. The van der Waals surface area contributed by atoms with Crippen molar-refractivity contribution in [3.63, 3.8) is 0 Å². The van der Waals surface area contributed by atoms with Gasteiger partial charge in [0, 0.05) is 23.8 Å². The Morgan fingerprint density at radius 1 is 1.40 bits per heavy atom. The number of H-pyrrole nitrogens is 1. The zero-order valence-corrected chi connectivity index (χ0v) is 16.1. The fourth-order valence-corrected chi connectivity index (χ4v) is 3.68. The molecule has 4 rings (SSSR count). The molecule has 0 radical (unpaired) electrons. The number of benzene rings is 1. The normalized spacial score (nSPS) is 18.1. The molecule has 11 heteroatoms. The molecule has 1 saturated heterocycles. The highest BCUT2D eigenvalue weighted by Crippen LogP contribution is 2.34. The van der Waals surface area contributed by atoms with Gasteiger partial charge in [-0.15, -0.1) is 0 Å². The summed E-state index contributed by atoms with van der Waals surface area (Å²) < 4.78 is 41.1. The van der Waals surface area contributed by atoms with E-state index in [1.54, 1.807) is 6.07 Å². The Balaban J connectivity index is 1.60. The number of hydrogen-bond acceptors (Lipinski definition) is 5. The lowest BCUT2D eigenvalue weighted by Gasteiger charge is -2.16. The molecule has 1 amide bonds. The number of carbonyl (C=O) groups excluding carboxylic acids is 1. The predicted octanol–water partition coefficient (Wildman–Crippen LogP) is 2.66. The first-order valence-corrected chi connectivity index (χ1v) is 9.55. The van der Waals surface area contributed by atoms with Gasteiger partial charge in [-0.2, -0.15) is 18.3 Å². The van der Waals surface area contributed by atoms with E-state index in [2.05, 4.69) is 25.8 Å².